The molecule has 3 heteroatoms. The van der Waals surface area contributed by atoms with Gasteiger partial charge < -0.3 is 4.42 Å². The second-order valence-electron chi connectivity index (χ2n) is 6.91. The Bertz CT molecular complexity index is 709. The molecule has 22 heavy (non-hydrogen) atoms. The molecule has 3 nitrogen and oxygen atoms in total. The number of hydrogen-bond acceptors (Lipinski definition) is 3. The van der Waals surface area contributed by atoms with Crippen molar-refractivity contribution in [3.05, 3.63) is 45.8 Å². The van der Waals surface area contributed by atoms with Crippen molar-refractivity contribution < 1.29 is 4.42 Å². The Morgan fingerprint density at radius 3 is 2.59 bits per heavy atom. The van der Waals surface area contributed by atoms with Crippen LogP contribution < -0.4 is 5.63 Å². The van der Waals surface area contributed by atoms with E-state index < -0.39 is 0 Å². The summed E-state index contributed by atoms with van der Waals surface area (Å²) in [6.45, 7) is 9.79. The first kappa shape index (κ1) is 15.3. The topological polar surface area (TPSA) is 33.5 Å². The second kappa shape index (κ2) is 6.25. The molecule has 2 heterocycles. The molecule has 3 rings (SSSR count). The summed E-state index contributed by atoms with van der Waals surface area (Å²) >= 11 is 0. The van der Waals surface area contributed by atoms with E-state index in [4.69, 9.17) is 4.42 Å². The predicted molar refractivity (Wildman–Crippen MR) is 90.1 cm³/mol. The summed E-state index contributed by atoms with van der Waals surface area (Å²) in [5.41, 5.74) is 2.78. The van der Waals surface area contributed by atoms with Crippen LogP contribution in [0.4, 0.5) is 0 Å². The van der Waals surface area contributed by atoms with E-state index in [0.29, 0.717) is 0 Å². The van der Waals surface area contributed by atoms with E-state index in [0.717, 1.165) is 54.4 Å². The van der Waals surface area contributed by atoms with E-state index in [1.165, 1.54) is 12.0 Å². The molecular weight excluding hydrogens is 274 g/mol. The minimum Gasteiger partial charge on any atom is -0.423 e. The van der Waals surface area contributed by atoms with Gasteiger partial charge in [-0.3, -0.25) is 4.90 Å². The zero-order valence-corrected chi connectivity index (χ0v) is 13.8. The monoisotopic (exact) mass is 299 g/mol. The van der Waals surface area contributed by atoms with Gasteiger partial charge in [0.1, 0.15) is 5.58 Å². The van der Waals surface area contributed by atoms with E-state index >= 15 is 0 Å². The van der Waals surface area contributed by atoms with E-state index in [-0.39, 0.29) is 5.63 Å². The van der Waals surface area contributed by atoms with Crippen LogP contribution in [0.1, 0.15) is 38.3 Å². The van der Waals surface area contributed by atoms with Gasteiger partial charge >= 0.3 is 5.63 Å². The third-order valence-electron chi connectivity index (χ3n) is 4.64. The van der Waals surface area contributed by atoms with Gasteiger partial charge in [-0.15, -0.1) is 0 Å². The zero-order valence-electron chi connectivity index (χ0n) is 13.8. The lowest BCUT2D eigenvalue weighted by Crippen LogP contribution is -2.38. The average molecular weight is 299 g/mol. The highest BCUT2D eigenvalue weighted by atomic mass is 16.4. The fraction of sp³-hybridized carbons (Fsp3) is 0.526. The summed E-state index contributed by atoms with van der Waals surface area (Å²) in [7, 11) is 0. The highest BCUT2D eigenvalue weighted by Gasteiger charge is 2.22. The van der Waals surface area contributed by atoms with E-state index in [9.17, 15) is 4.79 Å². The summed E-state index contributed by atoms with van der Waals surface area (Å²) in [5, 5.41) is 1.07. The molecule has 0 aliphatic carbocycles. The van der Waals surface area contributed by atoms with Crippen LogP contribution in [-0.4, -0.2) is 18.0 Å². The molecule has 0 radical (unpaired) electrons. The third-order valence-corrected chi connectivity index (χ3v) is 4.64. The molecule has 118 valence electrons. The standard InChI is InChI=1S/C19H25NO2/c1-4-15-5-6-17-16(9-19(21)22-18(17)8-15)12-20-10-13(2)7-14(3)11-20/h5-6,8-9,13-14H,4,7,10-12H2,1-3H3/t13-,14+. The Kier molecular flexibility index (Phi) is 4.34. The number of hydrogen-bond donors (Lipinski definition) is 0. The maximum atomic E-state index is 11.9. The molecule has 2 aromatic rings. The van der Waals surface area contributed by atoms with Crippen molar-refractivity contribution in [2.24, 2.45) is 11.8 Å². The fourth-order valence-corrected chi connectivity index (χ4v) is 3.79. The maximum absolute atomic E-state index is 11.9. The lowest BCUT2D eigenvalue weighted by atomic mass is 9.91. The lowest BCUT2D eigenvalue weighted by Gasteiger charge is -2.35. The van der Waals surface area contributed by atoms with Crippen LogP contribution in [0.5, 0.6) is 0 Å². The van der Waals surface area contributed by atoms with Gasteiger partial charge in [-0.2, -0.15) is 0 Å². The van der Waals surface area contributed by atoms with Gasteiger partial charge in [-0.05, 0) is 41.9 Å². The van der Waals surface area contributed by atoms with E-state index in [1.54, 1.807) is 6.07 Å². The van der Waals surface area contributed by atoms with Crippen molar-refractivity contribution in [2.45, 2.75) is 40.2 Å². The van der Waals surface area contributed by atoms with Gasteiger partial charge in [0.15, 0.2) is 0 Å². The first-order valence-electron chi connectivity index (χ1n) is 8.33. The average Bonchev–Trinajstić information content (AvgIpc) is 2.45. The van der Waals surface area contributed by atoms with Crippen molar-refractivity contribution >= 4 is 11.0 Å². The van der Waals surface area contributed by atoms with Gasteiger partial charge in [0.25, 0.3) is 0 Å². The minimum absolute atomic E-state index is 0.242. The summed E-state index contributed by atoms with van der Waals surface area (Å²) in [4.78, 5) is 14.4. The zero-order chi connectivity index (χ0) is 15.7. The Morgan fingerprint density at radius 2 is 1.91 bits per heavy atom. The van der Waals surface area contributed by atoms with Crippen LogP contribution in [0.3, 0.4) is 0 Å². The molecule has 0 N–H and O–H groups in total. The van der Waals surface area contributed by atoms with Crippen molar-refractivity contribution in [1.82, 2.24) is 4.90 Å². The van der Waals surface area contributed by atoms with E-state index in [2.05, 4.69) is 37.8 Å². The van der Waals surface area contributed by atoms with Crippen LogP contribution in [0.15, 0.2) is 33.5 Å². The molecule has 0 spiro atoms. The van der Waals surface area contributed by atoms with Gasteiger partial charge in [0.05, 0.1) is 0 Å². The summed E-state index contributed by atoms with van der Waals surface area (Å²) in [5.74, 6) is 1.45. The largest absolute Gasteiger partial charge is 0.423 e. The van der Waals surface area contributed by atoms with Crippen molar-refractivity contribution in [1.29, 1.82) is 0 Å². The first-order chi connectivity index (χ1) is 10.5. The number of benzene rings is 1. The van der Waals surface area contributed by atoms with E-state index in [1.807, 2.05) is 6.07 Å². The SMILES string of the molecule is CCc1ccc2c(CN3C[C@H](C)C[C@H](C)C3)cc(=O)oc2c1. The van der Waals surface area contributed by atoms with Crippen LogP contribution in [-0.2, 0) is 13.0 Å². The van der Waals surface area contributed by atoms with Crippen molar-refractivity contribution in [3.8, 4) is 0 Å². The third kappa shape index (κ3) is 3.25. The summed E-state index contributed by atoms with van der Waals surface area (Å²) in [6, 6.07) is 7.90. The molecule has 0 saturated carbocycles. The number of piperidine rings is 1. The minimum atomic E-state index is -0.242. The number of likely N-dealkylation sites (tertiary alicyclic amines) is 1. The lowest BCUT2D eigenvalue weighted by molar-refractivity contribution is 0.134. The summed E-state index contributed by atoms with van der Waals surface area (Å²) < 4.78 is 5.40. The molecular formula is C19H25NO2. The molecule has 0 unspecified atom stereocenters. The van der Waals surface area contributed by atoms with Crippen LogP contribution >= 0.6 is 0 Å². The molecule has 1 saturated heterocycles. The van der Waals surface area contributed by atoms with Crippen molar-refractivity contribution in [3.63, 3.8) is 0 Å². The predicted octanol–water partition coefficient (Wildman–Crippen LogP) is 3.83. The Morgan fingerprint density at radius 1 is 1.18 bits per heavy atom. The van der Waals surface area contributed by atoms with Crippen LogP contribution in [0.2, 0.25) is 0 Å². The first-order valence-corrected chi connectivity index (χ1v) is 8.33. The number of fused-ring (bicyclic) bond motifs is 1. The Hall–Kier alpha value is -1.61. The maximum Gasteiger partial charge on any atom is 0.336 e. The molecule has 1 aliphatic heterocycles. The van der Waals surface area contributed by atoms with Gasteiger partial charge in [0.2, 0.25) is 0 Å². The number of nitrogens with zero attached hydrogens (tertiary/aromatic N) is 1. The van der Waals surface area contributed by atoms with Crippen LogP contribution in [0, 0.1) is 11.8 Å². The van der Waals surface area contributed by atoms with Gasteiger partial charge in [-0.1, -0.05) is 32.9 Å². The highest BCUT2D eigenvalue weighted by molar-refractivity contribution is 5.80. The molecule has 1 aromatic carbocycles. The second-order valence-corrected chi connectivity index (χ2v) is 6.91. The Balaban J connectivity index is 1.94. The Labute approximate surface area is 131 Å². The smallest absolute Gasteiger partial charge is 0.336 e. The molecule has 2 atom stereocenters. The molecule has 1 aromatic heterocycles. The molecule has 1 fully saturated rings. The quantitative estimate of drug-likeness (QED) is 0.808. The number of rotatable bonds is 3. The number of aryl methyl sites for hydroxylation is 1. The summed E-state index contributed by atoms with van der Waals surface area (Å²) in [6.07, 6.45) is 2.25. The highest BCUT2D eigenvalue weighted by Crippen LogP contribution is 2.25. The molecule has 0 bridgehead atoms. The normalized spacial score (nSPS) is 23.0. The molecule has 0 amide bonds. The molecule has 1 aliphatic rings. The van der Waals surface area contributed by atoms with Gasteiger partial charge in [-0.25, -0.2) is 4.79 Å². The van der Waals surface area contributed by atoms with Crippen LogP contribution in [0.25, 0.3) is 11.0 Å². The van der Waals surface area contributed by atoms with Gasteiger partial charge in [0, 0.05) is 31.1 Å². The van der Waals surface area contributed by atoms with Crippen molar-refractivity contribution in [2.75, 3.05) is 13.1 Å². The fourth-order valence-electron chi connectivity index (χ4n) is 3.79.